The minimum atomic E-state index is -0.122. The van der Waals surface area contributed by atoms with Crippen LogP contribution in [0.3, 0.4) is 0 Å². The zero-order valence-corrected chi connectivity index (χ0v) is 9.33. The maximum Gasteiger partial charge on any atom is 0.147 e. The molecule has 1 aromatic heterocycles. The first-order valence-corrected chi connectivity index (χ1v) is 4.95. The predicted molar refractivity (Wildman–Crippen MR) is 60.2 cm³/mol. The molecule has 0 saturated heterocycles. The van der Waals surface area contributed by atoms with Crippen LogP contribution in [0, 0.1) is 18.3 Å². The van der Waals surface area contributed by atoms with Gasteiger partial charge in [-0.3, -0.25) is 10.4 Å². The molecule has 1 aromatic rings. The van der Waals surface area contributed by atoms with Gasteiger partial charge in [-0.15, -0.1) is 0 Å². The maximum atomic E-state index is 9.85. The van der Waals surface area contributed by atoms with Gasteiger partial charge in [0.1, 0.15) is 11.6 Å². The van der Waals surface area contributed by atoms with E-state index in [2.05, 4.69) is 18.8 Å². The van der Waals surface area contributed by atoms with Crippen molar-refractivity contribution in [3.8, 4) is 5.75 Å². The summed E-state index contributed by atoms with van der Waals surface area (Å²) in [7, 11) is 0. The molecule has 4 nitrogen and oxygen atoms in total. The van der Waals surface area contributed by atoms with E-state index in [1.807, 2.05) is 6.92 Å². The van der Waals surface area contributed by atoms with Crippen LogP contribution in [0.15, 0.2) is 6.07 Å². The lowest BCUT2D eigenvalue weighted by Gasteiger charge is -2.11. The molecule has 0 fully saturated rings. The fourth-order valence-electron chi connectivity index (χ4n) is 1.47. The van der Waals surface area contributed by atoms with Crippen LogP contribution in [0.4, 0.5) is 0 Å². The molecular weight excluding hydrogens is 190 g/mol. The first kappa shape index (κ1) is 11.5. The predicted octanol–water partition coefficient (Wildman–Crippen LogP) is 1.58. The minimum Gasteiger partial charge on any atom is -0.505 e. The van der Waals surface area contributed by atoms with Crippen LogP contribution in [0.5, 0.6) is 5.75 Å². The first-order chi connectivity index (χ1) is 6.91. The Morgan fingerprint density at radius 2 is 2.20 bits per heavy atom. The first-order valence-electron chi connectivity index (χ1n) is 4.95. The van der Waals surface area contributed by atoms with Crippen molar-refractivity contribution >= 4 is 5.84 Å². The van der Waals surface area contributed by atoms with Crippen LogP contribution < -0.4 is 5.73 Å². The van der Waals surface area contributed by atoms with Gasteiger partial charge in [-0.05, 0) is 25.3 Å². The van der Waals surface area contributed by atoms with Gasteiger partial charge in [-0.2, -0.15) is 0 Å². The number of amidine groups is 1. The molecule has 1 rings (SSSR count). The Labute approximate surface area is 89.7 Å². The highest BCUT2D eigenvalue weighted by molar-refractivity contribution is 5.97. The van der Waals surface area contributed by atoms with Crippen LogP contribution in [0.1, 0.15) is 30.8 Å². The summed E-state index contributed by atoms with van der Waals surface area (Å²) in [6, 6.07) is 1.63. The average Bonchev–Trinajstić information content (AvgIpc) is 2.09. The number of rotatable bonds is 3. The average molecular weight is 207 g/mol. The fraction of sp³-hybridized carbons (Fsp3) is 0.455. The Balaban J connectivity index is 3.22. The molecule has 4 heteroatoms. The number of aromatic hydroxyl groups is 1. The number of aromatic nitrogens is 1. The molecule has 0 radical (unpaired) electrons. The van der Waals surface area contributed by atoms with Gasteiger partial charge >= 0.3 is 0 Å². The summed E-state index contributed by atoms with van der Waals surface area (Å²) >= 11 is 0. The number of hydrogen-bond donors (Lipinski definition) is 3. The van der Waals surface area contributed by atoms with Gasteiger partial charge in [0.25, 0.3) is 0 Å². The second-order valence-electron chi connectivity index (χ2n) is 4.12. The largest absolute Gasteiger partial charge is 0.505 e. The van der Waals surface area contributed by atoms with E-state index < -0.39 is 0 Å². The highest BCUT2D eigenvalue weighted by atomic mass is 16.3. The standard InChI is InChI=1S/C11H17N3O/c1-6(2)4-9-10(15)8(11(12)13)5-7(3)14-9/h5-6,15H,4H2,1-3H3,(H3,12,13). The van der Waals surface area contributed by atoms with Crippen molar-refractivity contribution in [3.63, 3.8) is 0 Å². The van der Waals surface area contributed by atoms with Crippen LogP contribution in [0.25, 0.3) is 0 Å². The van der Waals surface area contributed by atoms with E-state index in [0.717, 1.165) is 5.69 Å². The second-order valence-corrected chi connectivity index (χ2v) is 4.12. The third-order valence-corrected chi connectivity index (χ3v) is 2.08. The molecule has 4 N–H and O–H groups in total. The molecule has 1 heterocycles. The van der Waals surface area contributed by atoms with Gasteiger partial charge in [0.2, 0.25) is 0 Å². The molecule has 0 saturated carbocycles. The maximum absolute atomic E-state index is 9.85. The topological polar surface area (TPSA) is 83.0 Å². The molecule has 0 aliphatic rings. The molecule has 0 aromatic carbocycles. The van der Waals surface area contributed by atoms with E-state index in [4.69, 9.17) is 11.1 Å². The van der Waals surface area contributed by atoms with Crippen LogP contribution in [-0.4, -0.2) is 15.9 Å². The summed E-state index contributed by atoms with van der Waals surface area (Å²) in [6.45, 7) is 5.93. The lowest BCUT2D eigenvalue weighted by atomic mass is 10.0. The number of nitrogens with zero attached hydrogens (tertiary/aromatic N) is 1. The molecule has 15 heavy (non-hydrogen) atoms. The lowest BCUT2D eigenvalue weighted by molar-refractivity contribution is 0.455. The van der Waals surface area contributed by atoms with Crippen molar-refractivity contribution < 1.29 is 5.11 Å². The monoisotopic (exact) mass is 207 g/mol. The van der Waals surface area contributed by atoms with Crippen molar-refractivity contribution in [1.82, 2.24) is 4.98 Å². The zero-order valence-electron chi connectivity index (χ0n) is 9.33. The molecule has 0 spiro atoms. The highest BCUT2D eigenvalue weighted by Gasteiger charge is 2.13. The van der Waals surface area contributed by atoms with Gasteiger partial charge in [-0.25, -0.2) is 0 Å². The smallest absolute Gasteiger partial charge is 0.147 e. The van der Waals surface area contributed by atoms with Gasteiger partial charge in [0.05, 0.1) is 11.3 Å². The summed E-state index contributed by atoms with van der Waals surface area (Å²) in [4.78, 5) is 4.25. The highest BCUT2D eigenvalue weighted by Crippen LogP contribution is 2.23. The molecule has 0 bridgehead atoms. The van der Waals surface area contributed by atoms with Crippen molar-refractivity contribution in [2.45, 2.75) is 27.2 Å². The van der Waals surface area contributed by atoms with E-state index in [0.29, 0.717) is 23.6 Å². The summed E-state index contributed by atoms with van der Waals surface area (Å²) in [6.07, 6.45) is 0.688. The molecule has 0 atom stereocenters. The summed E-state index contributed by atoms with van der Waals surface area (Å²) in [5, 5.41) is 17.2. The van der Waals surface area contributed by atoms with E-state index >= 15 is 0 Å². The van der Waals surface area contributed by atoms with Crippen LogP contribution in [0.2, 0.25) is 0 Å². The number of nitrogens with one attached hydrogen (secondary N) is 1. The Morgan fingerprint density at radius 3 is 2.67 bits per heavy atom. The fourth-order valence-corrected chi connectivity index (χ4v) is 1.47. The van der Waals surface area contributed by atoms with Crippen molar-refractivity contribution in [2.75, 3.05) is 0 Å². The number of pyridine rings is 1. The van der Waals surface area contributed by atoms with Crippen molar-refractivity contribution in [1.29, 1.82) is 5.41 Å². The van der Waals surface area contributed by atoms with E-state index in [1.54, 1.807) is 6.07 Å². The lowest BCUT2D eigenvalue weighted by Crippen LogP contribution is -2.13. The van der Waals surface area contributed by atoms with Crippen molar-refractivity contribution in [2.24, 2.45) is 11.7 Å². The summed E-state index contributed by atoms with van der Waals surface area (Å²) < 4.78 is 0. The van der Waals surface area contributed by atoms with Gasteiger partial charge in [0, 0.05) is 5.69 Å². The Bertz CT molecular complexity index is 386. The summed E-state index contributed by atoms with van der Waals surface area (Å²) in [5.74, 6) is 0.329. The number of nitrogen functional groups attached to an aromatic ring is 1. The van der Waals surface area contributed by atoms with Crippen LogP contribution in [-0.2, 0) is 6.42 Å². The number of aryl methyl sites for hydroxylation is 1. The molecule has 82 valence electrons. The molecular formula is C11H17N3O. The second kappa shape index (κ2) is 4.29. The van der Waals surface area contributed by atoms with E-state index in [-0.39, 0.29) is 11.6 Å². The molecule has 0 aliphatic carbocycles. The number of nitrogens with two attached hydrogens (primary N) is 1. The van der Waals surface area contributed by atoms with Crippen molar-refractivity contribution in [3.05, 3.63) is 23.0 Å². The normalized spacial score (nSPS) is 10.7. The van der Waals surface area contributed by atoms with Gasteiger partial charge in [-0.1, -0.05) is 13.8 Å². The van der Waals surface area contributed by atoms with E-state index in [1.165, 1.54) is 0 Å². The summed E-state index contributed by atoms with van der Waals surface area (Å²) in [5.41, 5.74) is 7.14. The third kappa shape index (κ3) is 2.68. The SMILES string of the molecule is Cc1cc(C(=N)N)c(O)c(CC(C)C)n1. The third-order valence-electron chi connectivity index (χ3n) is 2.08. The zero-order chi connectivity index (χ0) is 11.6. The van der Waals surface area contributed by atoms with E-state index in [9.17, 15) is 5.11 Å². The minimum absolute atomic E-state index is 0.0433. The quantitative estimate of drug-likeness (QED) is 0.519. The molecule has 0 amide bonds. The van der Waals surface area contributed by atoms with Gasteiger partial charge in [0.15, 0.2) is 0 Å². The Morgan fingerprint density at radius 1 is 1.60 bits per heavy atom. The Kier molecular flexibility index (Phi) is 3.29. The van der Waals surface area contributed by atoms with Crippen LogP contribution >= 0.6 is 0 Å². The molecule has 0 aliphatic heterocycles. The molecule has 0 unspecified atom stereocenters. The number of hydrogen-bond acceptors (Lipinski definition) is 3. The van der Waals surface area contributed by atoms with Gasteiger partial charge < -0.3 is 10.8 Å². The Hall–Kier alpha value is -1.58.